The lowest BCUT2D eigenvalue weighted by Crippen LogP contribution is -2.31. The summed E-state index contributed by atoms with van der Waals surface area (Å²) in [7, 11) is 0. The van der Waals surface area contributed by atoms with Gasteiger partial charge in [-0.2, -0.15) is 0 Å². The van der Waals surface area contributed by atoms with E-state index in [-0.39, 0.29) is 5.91 Å². The van der Waals surface area contributed by atoms with E-state index in [9.17, 15) is 4.79 Å². The second kappa shape index (κ2) is 7.07. The number of pyridine rings is 1. The average molecular weight is 297 g/mol. The van der Waals surface area contributed by atoms with Crippen molar-refractivity contribution < 1.29 is 4.79 Å². The van der Waals surface area contributed by atoms with E-state index >= 15 is 0 Å². The molecule has 1 N–H and O–H groups in total. The summed E-state index contributed by atoms with van der Waals surface area (Å²) in [4.78, 5) is 18.2. The summed E-state index contributed by atoms with van der Waals surface area (Å²) in [6.07, 6.45) is 1.70. The zero-order valence-electron chi connectivity index (χ0n) is 13.7. The number of hydrogen-bond acceptors (Lipinski definition) is 3. The minimum absolute atomic E-state index is 0.0252. The van der Waals surface area contributed by atoms with Crippen molar-refractivity contribution in [2.45, 2.75) is 27.7 Å². The third kappa shape index (κ3) is 3.64. The van der Waals surface area contributed by atoms with Crippen LogP contribution in [0.2, 0.25) is 0 Å². The lowest BCUT2D eigenvalue weighted by atomic mass is 10.1. The smallest absolute Gasteiger partial charge is 0.272 e. The van der Waals surface area contributed by atoms with Gasteiger partial charge < -0.3 is 10.2 Å². The van der Waals surface area contributed by atoms with Gasteiger partial charge in [0, 0.05) is 18.8 Å². The average Bonchev–Trinajstić information content (AvgIpc) is 2.53. The Labute approximate surface area is 132 Å². The van der Waals surface area contributed by atoms with E-state index in [0.29, 0.717) is 18.8 Å². The first-order valence-corrected chi connectivity index (χ1v) is 7.64. The SMILES string of the molecule is CCN(CC)C(=O)c1ccc(Nc2ccc(C)c(C)c2)cn1. The molecule has 1 aromatic carbocycles. The lowest BCUT2D eigenvalue weighted by molar-refractivity contribution is 0.0767. The van der Waals surface area contributed by atoms with Crippen molar-refractivity contribution in [3.8, 4) is 0 Å². The predicted octanol–water partition coefficient (Wildman–Crippen LogP) is 3.92. The number of hydrogen-bond donors (Lipinski definition) is 1. The summed E-state index contributed by atoms with van der Waals surface area (Å²) in [5.74, 6) is -0.0252. The number of aromatic nitrogens is 1. The minimum Gasteiger partial charge on any atom is -0.354 e. The summed E-state index contributed by atoms with van der Waals surface area (Å²) in [6, 6.07) is 9.88. The van der Waals surface area contributed by atoms with Crippen LogP contribution in [-0.2, 0) is 0 Å². The van der Waals surface area contributed by atoms with Crippen molar-refractivity contribution in [3.63, 3.8) is 0 Å². The maximum absolute atomic E-state index is 12.2. The van der Waals surface area contributed by atoms with Gasteiger partial charge in [0.2, 0.25) is 0 Å². The van der Waals surface area contributed by atoms with Crippen LogP contribution in [0.15, 0.2) is 36.5 Å². The Kier molecular flexibility index (Phi) is 5.15. The Morgan fingerprint density at radius 3 is 2.27 bits per heavy atom. The summed E-state index contributed by atoms with van der Waals surface area (Å²) < 4.78 is 0. The van der Waals surface area contributed by atoms with Crippen molar-refractivity contribution in [3.05, 3.63) is 53.3 Å². The van der Waals surface area contributed by atoms with Crippen LogP contribution in [0, 0.1) is 13.8 Å². The molecule has 1 heterocycles. The van der Waals surface area contributed by atoms with Gasteiger partial charge in [0.15, 0.2) is 0 Å². The van der Waals surface area contributed by atoms with E-state index in [1.54, 1.807) is 17.2 Å². The molecule has 0 radical (unpaired) electrons. The van der Waals surface area contributed by atoms with E-state index in [4.69, 9.17) is 0 Å². The molecular formula is C18H23N3O. The van der Waals surface area contributed by atoms with Crippen LogP contribution in [0.5, 0.6) is 0 Å². The van der Waals surface area contributed by atoms with Gasteiger partial charge in [-0.3, -0.25) is 4.79 Å². The third-order valence-corrected chi connectivity index (χ3v) is 3.83. The van der Waals surface area contributed by atoms with Crippen LogP contribution in [0.25, 0.3) is 0 Å². The summed E-state index contributed by atoms with van der Waals surface area (Å²) in [5.41, 5.74) is 4.89. The van der Waals surface area contributed by atoms with Crippen LogP contribution < -0.4 is 5.32 Å². The first-order chi connectivity index (χ1) is 10.5. The van der Waals surface area contributed by atoms with Gasteiger partial charge in [-0.25, -0.2) is 4.98 Å². The molecule has 1 aromatic heterocycles. The van der Waals surface area contributed by atoms with Crippen molar-refractivity contribution in [1.82, 2.24) is 9.88 Å². The highest BCUT2D eigenvalue weighted by atomic mass is 16.2. The molecule has 0 aliphatic heterocycles. The number of carbonyl (C=O) groups is 1. The Bertz CT molecular complexity index is 646. The highest BCUT2D eigenvalue weighted by molar-refractivity contribution is 5.92. The molecule has 0 atom stereocenters. The zero-order valence-corrected chi connectivity index (χ0v) is 13.7. The fourth-order valence-corrected chi connectivity index (χ4v) is 2.25. The van der Waals surface area contributed by atoms with Gasteiger partial charge in [0.25, 0.3) is 5.91 Å². The Morgan fingerprint density at radius 2 is 1.73 bits per heavy atom. The molecule has 0 spiro atoms. The second-order valence-corrected chi connectivity index (χ2v) is 5.33. The van der Waals surface area contributed by atoms with Crippen LogP contribution in [0.4, 0.5) is 11.4 Å². The Hall–Kier alpha value is -2.36. The Morgan fingerprint density at radius 1 is 1.05 bits per heavy atom. The van der Waals surface area contributed by atoms with E-state index in [1.807, 2.05) is 26.0 Å². The van der Waals surface area contributed by atoms with Gasteiger partial charge in [-0.15, -0.1) is 0 Å². The molecule has 1 amide bonds. The van der Waals surface area contributed by atoms with Gasteiger partial charge in [-0.05, 0) is 63.1 Å². The third-order valence-electron chi connectivity index (χ3n) is 3.83. The molecular weight excluding hydrogens is 274 g/mol. The molecule has 116 valence electrons. The normalized spacial score (nSPS) is 10.4. The lowest BCUT2D eigenvalue weighted by Gasteiger charge is -2.18. The molecule has 0 aliphatic rings. The standard InChI is InChI=1S/C18H23N3O/c1-5-21(6-2)18(22)17-10-9-16(12-19-17)20-15-8-7-13(3)14(4)11-15/h7-12,20H,5-6H2,1-4H3. The maximum Gasteiger partial charge on any atom is 0.272 e. The number of rotatable bonds is 5. The van der Waals surface area contributed by atoms with E-state index in [0.717, 1.165) is 11.4 Å². The molecule has 2 aromatic rings. The molecule has 0 unspecified atom stereocenters. The highest BCUT2D eigenvalue weighted by Gasteiger charge is 2.13. The monoisotopic (exact) mass is 297 g/mol. The van der Waals surface area contributed by atoms with Crippen LogP contribution in [0.1, 0.15) is 35.5 Å². The Balaban J connectivity index is 2.11. The molecule has 22 heavy (non-hydrogen) atoms. The van der Waals surface area contributed by atoms with E-state index < -0.39 is 0 Å². The van der Waals surface area contributed by atoms with Crippen molar-refractivity contribution in [2.75, 3.05) is 18.4 Å². The summed E-state index contributed by atoms with van der Waals surface area (Å²) in [6.45, 7) is 9.51. The number of aryl methyl sites for hydroxylation is 2. The molecule has 0 bridgehead atoms. The van der Waals surface area contributed by atoms with E-state index in [1.165, 1.54) is 11.1 Å². The topological polar surface area (TPSA) is 45.2 Å². The summed E-state index contributed by atoms with van der Waals surface area (Å²) >= 11 is 0. The number of nitrogens with one attached hydrogen (secondary N) is 1. The number of amides is 1. The van der Waals surface area contributed by atoms with Crippen molar-refractivity contribution in [2.24, 2.45) is 0 Å². The first-order valence-electron chi connectivity index (χ1n) is 7.64. The van der Waals surface area contributed by atoms with Gasteiger partial charge in [0.1, 0.15) is 5.69 Å². The molecule has 0 saturated carbocycles. The van der Waals surface area contributed by atoms with Gasteiger partial charge in [-0.1, -0.05) is 6.07 Å². The number of nitrogens with zero attached hydrogens (tertiary/aromatic N) is 2. The molecule has 4 heteroatoms. The van der Waals surface area contributed by atoms with Crippen LogP contribution >= 0.6 is 0 Å². The van der Waals surface area contributed by atoms with Crippen LogP contribution in [-0.4, -0.2) is 28.9 Å². The summed E-state index contributed by atoms with van der Waals surface area (Å²) in [5, 5.41) is 3.31. The minimum atomic E-state index is -0.0252. The predicted molar refractivity (Wildman–Crippen MR) is 90.7 cm³/mol. The van der Waals surface area contributed by atoms with Crippen molar-refractivity contribution in [1.29, 1.82) is 0 Å². The number of carbonyl (C=O) groups excluding carboxylic acids is 1. The molecule has 0 fully saturated rings. The fourth-order valence-electron chi connectivity index (χ4n) is 2.25. The number of benzene rings is 1. The zero-order chi connectivity index (χ0) is 16.1. The van der Waals surface area contributed by atoms with E-state index in [2.05, 4.69) is 36.3 Å². The van der Waals surface area contributed by atoms with Gasteiger partial charge in [0.05, 0.1) is 11.9 Å². The molecule has 4 nitrogen and oxygen atoms in total. The largest absolute Gasteiger partial charge is 0.354 e. The quantitative estimate of drug-likeness (QED) is 0.909. The fraction of sp³-hybridized carbons (Fsp3) is 0.333. The molecule has 2 rings (SSSR count). The maximum atomic E-state index is 12.2. The first kappa shape index (κ1) is 16.0. The highest BCUT2D eigenvalue weighted by Crippen LogP contribution is 2.19. The number of anilines is 2. The van der Waals surface area contributed by atoms with Crippen molar-refractivity contribution >= 4 is 17.3 Å². The van der Waals surface area contributed by atoms with Gasteiger partial charge >= 0.3 is 0 Å². The molecule has 0 aliphatic carbocycles. The second-order valence-electron chi connectivity index (χ2n) is 5.33. The molecule has 0 saturated heterocycles. The van der Waals surface area contributed by atoms with Crippen LogP contribution in [0.3, 0.4) is 0 Å².